The standard InChI is InChI=1S/C13H26O5/c1-7(2)9-8(6-14)17-12(11(16)10(9)15)18-13(3,4)5/h7-12,14-16H,6H2,1-5H3/t8?,9-,10?,11?,12+/m1/s1. The van der Waals surface area contributed by atoms with Crippen molar-refractivity contribution >= 4 is 0 Å². The molecule has 0 bridgehead atoms. The lowest BCUT2D eigenvalue weighted by Gasteiger charge is -2.45. The summed E-state index contributed by atoms with van der Waals surface area (Å²) in [6.45, 7) is 9.19. The zero-order valence-corrected chi connectivity index (χ0v) is 11.8. The van der Waals surface area contributed by atoms with Crippen molar-refractivity contribution in [2.24, 2.45) is 11.8 Å². The predicted molar refractivity (Wildman–Crippen MR) is 66.9 cm³/mol. The van der Waals surface area contributed by atoms with Gasteiger partial charge in [-0.25, -0.2) is 0 Å². The molecule has 0 aromatic carbocycles. The molecule has 0 saturated carbocycles. The highest BCUT2D eigenvalue weighted by Crippen LogP contribution is 2.33. The first-order valence-electron chi connectivity index (χ1n) is 6.47. The van der Waals surface area contributed by atoms with Crippen molar-refractivity contribution < 1.29 is 24.8 Å². The molecule has 1 aliphatic rings. The normalized spacial score (nSPS) is 38.2. The van der Waals surface area contributed by atoms with Crippen LogP contribution in [0.4, 0.5) is 0 Å². The van der Waals surface area contributed by atoms with Crippen LogP contribution in [-0.2, 0) is 9.47 Å². The Morgan fingerprint density at radius 2 is 1.72 bits per heavy atom. The van der Waals surface area contributed by atoms with Gasteiger partial charge in [0.25, 0.3) is 0 Å². The lowest BCUT2D eigenvalue weighted by Crippen LogP contribution is -2.58. The average molecular weight is 262 g/mol. The highest BCUT2D eigenvalue weighted by atomic mass is 16.7. The molecule has 1 fully saturated rings. The van der Waals surface area contributed by atoms with Crippen LogP contribution in [0.5, 0.6) is 0 Å². The van der Waals surface area contributed by atoms with Gasteiger partial charge in [0.15, 0.2) is 6.29 Å². The summed E-state index contributed by atoms with van der Waals surface area (Å²) >= 11 is 0. The van der Waals surface area contributed by atoms with E-state index in [1.165, 1.54) is 0 Å². The summed E-state index contributed by atoms with van der Waals surface area (Å²) < 4.78 is 11.2. The van der Waals surface area contributed by atoms with Gasteiger partial charge in [-0.3, -0.25) is 0 Å². The topological polar surface area (TPSA) is 79.2 Å². The largest absolute Gasteiger partial charge is 0.394 e. The van der Waals surface area contributed by atoms with Crippen LogP contribution in [0, 0.1) is 11.8 Å². The van der Waals surface area contributed by atoms with E-state index in [1.807, 2.05) is 34.6 Å². The molecule has 1 heterocycles. The highest BCUT2D eigenvalue weighted by molar-refractivity contribution is 4.91. The van der Waals surface area contributed by atoms with Crippen LogP contribution in [0.25, 0.3) is 0 Å². The molecule has 0 aromatic heterocycles. The maximum Gasteiger partial charge on any atom is 0.187 e. The summed E-state index contributed by atoms with van der Waals surface area (Å²) in [5.74, 6) is -0.202. The van der Waals surface area contributed by atoms with Crippen LogP contribution in [-0.4, -0.2) is 52.1 Å². The Kier molecular flexibility index (Phi) is 5.14. The molecule has 1 aliphatic heterocycles. The summed E-state index contributed by atoms with van der Waals surface area (Å²) in [4.78, 5) is 0. The number of hydrogen-bond acceptors (Lipinski definition) is 5. The third kappa shape index (κ3) is 3.65. The van der Waals surface area contributed by atoms with Gasteiger partial charge in [0.2, 0.25) is 0 Å². The van der Waals surface area contributed by atoms with Gasteiger partial charge in [-0.05, 0) is 26.7 Å². The number of ether oxygens (including phenoxy) is 2. The summed E-state index contributed by atoms with van der Waals surface area (Å²) in [6.07, 6.45) is -3.48. The average Bonchev–Trinajstić information content (AvgIpc) is 2.21. The molecule has 3 unspecified atom stereocenters. The van der Waals surface area contributed by atoms with Crippen LogP contribution in [0.3, 0.4) is 0 Å². The van der Waals surface area contributed by atoms with Crippen LogP contribution in [0.15, 0.2) is 0 Å². The van der Waals surface area contributed by atoms with Gasteiger partial charge in [0.05, 0.1) is 24.4 Å². The van der Waals surface area contributed by atoms with E-state index >= 15 is 0 Å². The minimum Gasteiger partial charge on any atom is -0.394 e. The van der Waals surface area contributed by atoms with Crippen molar-refractivity contribution in [3.05, 3.63) is 0 Å². The zero-order valence-electron chi connectivity index (χ0n) is 11.8. The summed E-state index contributed by atoms with van der Waals surface area (Å²) in [7, 11) is 0. The Morgan fingerprint density at radius 3 is 2.11 bits per heavy atom. The molecule has 5 heteroatoms. The summed E-state index contributed by atoms with van der Waals surface area (Å²) in [5, 5.41) is 29.6. The summed E-state index contributed by atoms with van der Waals surface area (Å²) in [6, 6.07) is 0. The lowest BCUT2D eigenvalue weighted by molar-refractivity contribution is -0.316. The second kappa shape index (κ2) is 5.84. The molecule has 0 aliphatic carbocycles. The molecule has 1 saturated heterocycles. The fourth-order valence-corrected chi connectivity index (χ4v) is 2.39. The van der Waals surface area contributed by atoms with E-state index in [4.69, 9.17) is 9.47 Å². The van der Waals surface area contributed by atoms with Crippen molar-refractivity contribution in [1.29, 1.82) is 0 Å². The lowest BCUT2D eigenvalue weighted by atomic mass is 9.81. The second-order valence-corrected chi connectivity index (χ2v) is 6.26. The van der Waals surface area contributed by atoms with Gasteiger partial charge < -0.3 is 24.8 Å². The number of aliphatic hydroxyl groups excluding tert-OH is 3. The molecular formula is C13H26O5. The summed E-state index contributed by atoms with van der Waals surface area (Å²) in [5.41, 5.74) is -0.490. The fraction of sp³-hybridized carbons (Fsp3) is 1.00. The molecule has 5 atom stereocenters. The van der Waals surface area contributed by atoms with Crippen molar-refractivity contribution in [3.8, 4) is 0 Å². The predicted octanol–water partition coefficient (Wildman–Crippen LogP) is 0.513. The van der Waals surface area contributed by atoms with Crippen LogP contribution < -0.4 is 0 Å². The third-order valence-electron chi connectivity index (χ3n) is 3.18. The first-order valence-corrected chi connectivity index (χ1v) is 6.47. The van der Waals surface area contributed by atoms with E-state index in [1.54, 1.807) is 0 Å². The molecule has 0 spiro atoms. The molecule has 1 rings (SSSR count). The highest BCUT2D eigenvalue weighted by Gasteiger charge is 2.46. The Morgan fingerprint density at radius 1 is 1.17 bits per heavy atom. The van der Waals surface area contributed by atoms with Crippen molar-refractivity contribution in [2.45, 2.75) is 64.8 Å². The van der Waals surface area contributed by atoms with Gasteiger partial charge in [0, 0.05) is 5.92 Å². The minimum absolute atomic E-state index is 0.0994. The molecule has 0 aromatic rings. The van der Waals surface area contributed by atoms with Crippen molar-refractivity contribution in [1.82, 2.24) is 0 Å². The number of rotatable bonds is 3. The van der Waals surface area contributed by atoms with E-state index in [0.717, 1.165) is 0 Å². The third-order valence-corrected chi connectivity index (χ3v) is 3.18. The maximum absolute atomic E-state index is 10.2. The van der Waals surface area contributed by atoms with E-state index in [2.05, 4.69) is 0 Å². The van der Waals surface area contributed by atoms with Crippen LogP contribution in [0.1, 0.15) is 34.6 Å². The molecule has 18 heavy (non-hydrogen) atoms. The van der Waals surface area contributed by atoms with E-state index in [9.17, 15) is 15.3 Å². The minimum atomic E-state index is -1.10. The van der Waals surface area contributed by atoms with E-state index < -0.39 is 30.2 Å². The molecule has 5 nitrogen and oxygen atoms in total. The molecular weight excluding hydrogens is 236 g/mol. The Labute approximate surface area is 109 Å². The molecule has 108 valence electrons. The Balaban J connectivity index is 2.82. The van der Waals surface area contributed by atoms with E-state index in [0.29, 0.717) is 0 Å². The Bertz CT molecular complexity index is 259. The smallest absolute Gasteiger partial charge is 0.187 e. The van der Waals surface area contributed by atoms with Gasteiger partial charge >= 0.3 is 0 Å². The SMILES string of the molecule is CC(C)[C@@H]1C(CO)O[C@@H](OC(C)(C)C)C(O)C1O. The Hall–Kier alpha value is -0.200. The van der Waals surface area contributed by atoms with Gasteiger partial charge in [-0.1, -0.05) is 13.8 Å². The maximum atomic E-state index is 10.2. The van der Waals surface area contributed by atoms with Crippen molar-refractivity contribution in [3.63, 3.8) is 0 Å². The first-order chi connectivity index (χ1) is 8.17. The molecule has 0 amide bonds. The fourth-order valence-electron chi connectivity index (χ4n) is 2.39. The van der Waals surface area contributed by atoms with Crippen LogP contribution in [0.2, 0.25) is 0 Å². The monoisotopic (exact) mass is 262 g/mol. The van der Waals surface area contributed by atoms with Gasteiger partial charge in [0.1, 0.15) is 6.10 Å². The molecule has 0 radical (unpaired) electrons. The van der Waals surface area contributed by atoms with Crippen LogP contribution >= 0.6 is 0 Å². The van der Waals surface area contributed by atoms with Crippen molar-refractivity contribution in [2.75, 3.05) is 6.61 Å². The van der Waals surface area contributed by atoms with Gasteiger partial charge in [-0.2, -0.15) is 0 Å². The first kappa shape index (κ1) is 15.9. The van der Waals surface area contributed by atoms with Gasteiger partial charge in [-0.15, -0.1) is 0 Å². The quantitative estimate of drug-likeness (QED) is 0.691. The number of hydrogen-bond donors (Lipinski definition) is 3. The second-order valence-electron chi connectivity index (χ2n) is 6.26. The number of aliphatic hydroxyl groups is 3. The molecule has 3 N–H and O–H groups in total. The van der Waals surface area contributed by atoms with E-state index in [-0.39, 0.29) is 18.4 Å². The zero-order chi connectivity index (χ0) is 14.1.